The fraction of sp³-hybridized carbons (Fsp3) is 0.385. The first-order valence-electron chi connectivity index (χ1n) is 5.40. The topological polar surface area (TPSA) is 21.3 Å². The molecule has 0 heterocycles. The predicted molar refractivity (Wildman–Crippen MR) is 71.9 cm³/mol. The quantitative estimate of drug-likeness (QED) is 0.804. The van der Waals surface area contributed by atoms with Crippen LogP contribution in [0.15, 0.2) is 35.3 Å². The minimum absolute atomic E-state index is 0.324. The number of rotatable bonds is 6. The summed E-state index contributed by atoms with van der Waals surface area (Å²) in [5, 5.41) is 3.43. The molecule has 1 aromatic rings. The molecule has 1 N–H and O–H groups in total. The van der Waals surface area contributed by atoms with E-state index in [1.165, 1.54) is 5.56 Å². The molecule has 3 heteroatoms. The molecule has 0 fully saturated rings. The Morgan fingerprint density at radius 3 is 2.81 bits per heavy atom. The highest BCUT2D eigenvalue weighted by atomic mass is 79.9. The fourth-order valence-corrected chi connectivity index (χ4v) is 2.21. The molecule has 1 rings (SSSR count). The zero-order valence-corrected chi connectivity index (χ0v) is 11.4. The first-order chi connectivity index (χ1) is 7.72. The molecule has 0 radical (unpaired) electrons. The maximum absolute atomic E-state index is 5.21. The largest absolute Gasteiger partial charge is 0.496 e. The second-order valence-corrected chi connectivity index (χ2v) is 4.38. The number of methoxy groups -OCH3 is 1. The van der Waals surface area contributed by atoms with E-state index in [1.807, 2.05) is 12.1 Å². The summed E-state index contributed by atoms with van der Waals surface area (Å²) in [7, 11) is 1.67. The fourth-order valence-electron chi connectivity index (χ4n) is 1.65. The normalized spacial score (nSPS) is 12.2. The summed E-state index contributed by atoms with van der Waals surface area (Å²) in [6, 6.07) is 6.48. The van der Waals surface area contributed by atoms with E-state index in [1.54, 1.807) is 7.11 Å². The summed E-state index contributed by atoms with van der Waals surface area (Å²) in [6.07, 6.45) is 2.86. The lowest BCUT2D eigenvalue weighted by atomic mass is 10.0. The first kappa shape index (κ1) is 13.3. The van der Waals surface area contributed by atoms with Gasteiger partial charge in [-0.05, 0) is 46.6 Å². The molecule has 0 aliphatic rings. The lowest BCUT2D eigenvalue weighted by Gasteiger charge is -2.17. The summed E-state index contributed by atoms with van der Waals surface area (Å²) in [6.45, 7) is 6.84. The van der Waals surface area contributed by atoms with Crippen LogP contribution in [0.4, 0.5) is 0 Å². The zero-order valence-electron chi connectivity index (χ0n) is 9.79. The maximum Gasteiger partial charge on any atom is 0.133 e. The Hall–Kier alpha value is -0.800. The number of halogens is 1. The van der Waals surface area contributed by atoms with E-state index < -0.39 is 0 Å². The van der Waals surface area contributed by atoms with Crippen LogP contribution in [0.3, 0.4) is 0 Å². The monoisotopic (exact) mass is 283 g/mol. The van der Waals surface area contributed by atoms with Gasteiger partial charge in [-0.15, -0.1) is 6.58 Å². The van der Waals surface area contributed by atoms with Crippen molar-refractivity contribution in [2.45, 2.75) is 19.4 Å². The molecule has 0 saturated carbocycles. The van der Waals surface area contributed by atoms with Gasteiger partial charge in [0, 0.05) is 6.04 Å². The molecule has 0 aliphatic carbocycles. The highest BCUT2D eigenvalue weighted by Gasteiger charge is 2.10. The van der Waals surface area contributed by atoms with Gasteiger partial charge < -0.3 is 10.1 Å². The van der Waals surface area contributed by atoms with Crippen LogP contribution in [0.25, 0.3) is 0 Å². The van der Waals surface area contributed by atoms with Crippen LogP contribution in [-0.4, -0.2) is 13.7 Å². The Bertz CT molecular complexity index is 352. The number of benzene rings is 1. The van der Waals surface area contributed by atoms with E-state index in [-0.39, 0.29) is 0 Å². The summed E-state index contributed by atoms with van der Waals surface area (Å²) < 4.78 is 6.20. The van der Waals surface area contributed by atoms with Gasteiger partial charge in [0.05, 0.1) is 11.6 Å². The Labute approximate surface area is 106 Å². The first-order valence-corrected chi connectivity index (χ1v) is 6.20. The molecular weight excluding hydrogens is 266 g/mol. The van der Waals surface area contributed by atoms with Crippen LogP contribution in [0.5, 0.6) is 5.75 Å². The van der Waals surface area contributed by atoms with E-state index in [9.17, 15) is 0 Å². The van der Waals surface area contributed by atoms with Crippen LogP contribution in [0, 0.1) is 0 Å². The molecular formula is C13H18BrNO. The van der Waals surface area contributed by atoms with E-state index >= 15 is 0 Å². The summed E-state index contributed by atoms with van der Waals surface area (Å²) >= 11 is 3.50. The molecule has 88 valence electrons. The van der Waals surface area contributed by atoms with Gasteiger partial charge in [0.25, 0.3) is 0 Å². The van der Waals surface area contributed by atoms with Gasteiger partial charge in [0.1, 0.15) is 5.75 Å². The molecule has 1 aromatic carbocycles. The molecule has 2 nitrogen and oxygen atoms in total. The van der Waals surface area contributed by atoms with Gasteiger partial charge in [0.15, 0.2) is 0 Å². The van der Waals surface area contributed by atoms with Gasteiger partial charge in [-0.25, -0.2) is 0 Å². The molecule has 16 heavy (non-hydrogen) atoms. The van der Waals surface area contributed by atoms with Crippen LogP contribution < -0.4 is 10.1 Å². The number of ether oxygens (including phenoxy) is 1. The second kappa shape index (κ2) is 6.71. The third-order valence-corrected chi connectivity index (χ3v) is 3.05. The molecule has 0 spiro atoms. The third-order valence-electron chi connectivity index (χ3n) is 2.43. The maximum atomic E-state index is 5.21. The number of nitrogens with one attached hydrogen (secondary N) is 1. The Morgan fingerprint density at radius 2 is 2.31 bits per heavy atom. The Morgan fingerprint density at radius 1 is 1.56 bits per heavy atom. The lowest BCUT2D eigenvalue weighted by Crippen LogP contribution is -2.20. The summed E-state index contributed by atoms with van der Waals surface area (Å²) in [5.41, 5.74) is 1.24. The van der Waals surface area contributed by atoms with Crippen molar-refractivity contribution in [3.8, 4) is 5.75 Å². The van der Waals surface area contributed by atoms with Gasteiger partial charge in [0.2, 0.25) is 0 Å². The van der Waals surface area contributed by atoms with E-state index in [0.29, 0.717) is 6.04 Å². The second-order valence-electron chi connectivity index (χ2n) is 3.53. The lowest BCUT2D eigenvalue weighted by molar-refractivity contribution is 0.411. The predicted octanol–water partition coefficient (Wildman–Crippen LogP) is 3.68. The molecule has 1 atom stereocenters. The van der Waals surface area contributed by atoms with Crippen molar-refractivity contribution in [1.29, 1.82) is 0 Å². The van der Waals surface area contributed by atoms with Gasteiger partial charge >= 0.3 is 0 Å². The number of hydrogen-bond donors (Lipinski definition) is 1. The molecule has 0 saturated heterocycles. The van der Waals surface area contributed by atoms with Crippen molar-refractivity contribution in [2.24, 2.45) is 0 Å². The highest BCUT2D eigenvalue weighted by molar-refractivity contribution is 9.10. The average Bonchev–Trinajstić information content (AvgIpc) is 2.28. The highest BCUT2D eigenvalue weighted by Crippen LogP contribution is 2.29. The standard InChI is InChI=1S/C13H18BrNO/c1-4-6-12(15-5-2)10-7-8-13(16-3)11(14)9-10/h4,7-9,12,15H,1,5-6H2,2-3H3. The Kier molecular flexibility index (Phi) is 5.56. The summed E-state index contributed by atoms with van der Waals surface area (Å²) in [5.74, 6) is 0.859. The van der Waals surface area contributed by atoms with Crippen LogP contribution >= 0.6 is 15.9 Å². The summed E-state index contributed by atoms with van der Waals surface area (Å²) in [4.78, 5) is 0. The van der Waals surface area contributed by atoms with Crippen molar-refractivity contribution < 1.29 is 4.74 Å². The van der Waals surface area contributed by atoms with Gasteiger partial charge in [-0.3, -0.25) is 0 Å². The van der Waals surface area contributed by atoms with E-state index in [2.05, 4.69) is 46.9 Å². The average molecular weight is 284 g/mol. The van der Waals surface area contributed by atoms with Crippen LogP contribution in [-0.2, 0) is 0 Å². The van der Waals surface area contributed by atoms with Gasteiger partial charge in [-0.2, -0.15) is 0 Å². The molecule has 1 unspecified atom stereocenters. The molecule has 0 amide bonds. The SMILES string of the molecule is C=CCC(NCC)c1ccc(OC)c(Br)c1. The van der Waals surface area contributed by atoms with E-state index in [4.69, 9.17) is 4.74 Å². The van der Waals surface area contributed by atoms with Crippen molar-refractivity contribution in [2.75, 3.05) is 13.7 Å². The molecule has 0 bridgehead atoms. The van der Waals surface area contributed by atoms with Crippen molar-refractivity contribution in [3.05, 3.63) is 40.9 Å². The zero-order chi connectivity index (χ0) is 12.0. The van der Waals surface area contributed by atoms with Crippen LogP contribution in [0.2, 0.25) is 0 Å². The smallest absolute Gasteiger partial charge is 0.133 e. The van der Waals surface area contributed by atoms with Crippen molar-refractivity contribution in [3.63, 3.8) is 0 Å². The van der Waals surface area contributed by atoms with E-state index in [0.717, 1.165) is 23.2 Å². The minimum Gasteiger partial charge on any atom is -0.496 e. The minimum atomic E-state index is 0.324. The third kappa shape index (κ3) is 3.35. The van der Waals surface area contributed by atoms with Crippen molar-refractivity contribution >= 4 is 15.9 Å². The van der Waals surface area contributed by atoms with Crippen LogP contribution in [0.1, 0.15) is 24.9 Å². The van der Waals surface area contributed by atoms with Crippen molar-refractivity contribution in [1.82, 2.24) is 5.32 Å². The molecule has 0 aliphatic heterocycles. The number of hydrogen-bond acceptors (Lipinski definition) is 2. The van der Waals surface area contributed by atoms with Gasteiger partial charge in [-0.1, -0.05) is 19.1 Å². The molecule has 0 aromatic heterocycles. The Balaban J connectivity index is 2.91.